The SMILES string of the molecule is C=C(C)[C@@]12OC3(c4ccccc4)O[C@@H]1C1[C@@H]4O[C@]4(CO)[C@@H](O)[C@]4(O)C(=O)C(C)=C[C@H]4[C@@]1(O3)[C@H](C)[C@H]2OC(=O)/C=C/C=C/c1ccccc1. The first-order valence-corrected chi connectivity index (χ1v) is 16.2. The summed E-state index contributed by atoms with van der Waals surface area (Å²) in [6.07, 6.45) is 3.34. The Morgan fingerprint density at radius 1 is 1.02 bits per heavy atom. The van der Waals surface area contributed by atoms with Gasteiger partial charge in [-0.2, -0.15) is 0 Å². The number of fused-ring (bicyclic) bond motifs is 3. The molecule has 12 atom stereocenters. The Morgan fingerprint density at radius 3 is 2.38 bits per heavy atom. The fraction of sp³-hybridized carbons (Fsp3) is 0.421. The Hall–Kier alpha value is -3.74. The van der Waals surface area contributed by atoms with E-state index < -0.39 is 88.9 Å². The zero-order valence-electron chi connectivity index (χ0n) is 26.8. The maximum Gasteiger partial charge on any atom is 0.331 e. The molecule has 2 saturated carbocycles. The minimum absolute atomic E-state index is 0.226. The number of ketones is 1. The second-order valence-electron chi connectivity index (χ2n) is 13.9. The molecule has 3 N–H and O–H groups in total. The zero-order valence-corrected chi connectivity index (χ0v) is 26.8. The van der Waals surface area contributed by atoms with Crippen LogP contribution in [0.3, 0.4) is 0 Å². The first-order valence-electron chi connectivity index (χ1n) is 16.2. The van der Waals surface area contributed by atoms with Crippen LogP contribution in [0.1, 0.15) is 31.9 Å². The summed E-state index contributed by atoms with van der Waals surface area (Å²) in [6, 6.07) is 18.6. The molecule has 3 aliphatic heterocycles. The molecule has 2 aromatic rings. The number of rotatable bonds is 7. The first-order chi connectivity index (χ1) is 22.9. The summed E-state index contributed by atoms with van der Waals surface area (Å²) in [5, 5.41) is 34.9. The number of ether oxygens (including phenoxy) is 5. The van der Waals surface area contributed by atoms with Crippen LogP contribution in [-0.4, -0.2) is 80.5 Å². The summed E-state index contributed by atoms with van der Waals surface area (Å²) in [4.78, 5) is 27.5. The number of Topliss-reactive ketones (excluding diaryl/α,β-unsaturated/α-hetero) is 1. The Bertz CT molecular complexity index is 1790. The lowest BCUT2D eigenvalue weighted by Crippen LogP contribution is -2.76. The van der Waals surface area contributed by atoms with E-state index in [-0.39, 0.29) is 5.57 Å². The van der Waals surface area contributed by atoms with Crippen LogP contribution in [-0.2, 0) is 39.2 Å². The van der Waals surface area contributed by atoms with E-state index in [0.717, 1.165) is 5.56 Å². The van der Waals surface area contributed by atoms with Gasteiger partial charge in [-0.25, -0.2) is 4.79 Å². The molecule has 3 saturated heterocycles. The molecule has 3 bridgehead atoms. The van der Waals surface area contributed by atoms with Gasteiger partial charge in [0, 0.05) is 29.4 Å². The summed E-state index contributed by atoms with van der Waals surface area (Å²) in [7, 11) is 0. The third kappa shape index (κ3) is 3.76. The summed E-state index contributed by atoms with van der Waals surface area (Å²) in [5.41, 5.74) is -4.99. The molecule has 250 valence electrons. The highest BCUT2D eigenvalue weighted by Crippen LogP contribution is 2.74. The van der Waals surface area contributed by atoms with Crippen molar-refractivity contribution >= 4 is 17.8 Å². The third-order valence-electron chi connectivity index (χ3n) is 11.5. The predicted octanol–water partition coefficient (Wildman–Crippen LogP) is 3.12. The predicted molar refractivity (Wildman–Crippen MR) is 170 cm³/mol. The number of benzene rings is 2. The molecule has 2 aromatic carbocycles. The van der Waals surface area contributed by atoms with Crippen molar-refractivity contribution in [3.8, 4) is 0 Å². The van der Waals surface area contributed by atoms with E-state index in [0.29, 0.717) is 11.1 Å². The number of allylic oxidation sites excluding steroid dienone is 2. The van der Waals surface area contributed by atoms with Gasteiger partial charge in [0.25, 0.3) is 0 Å². The van der Waals surface area contributed by atoms with Gasteiger partial charge in [0.05, 0.1) is 12.2 Å². The molecule has 3 heterocycles. The molecule has 0 spiro atoms. The van der Waals surface area contributed by atoms with Gasteiger partial charge in [0.2, 0.25) is 0 Å². The van der Waals surface area contributed by atoms with Crippen molar-refractivity contribution in [2.24, 2.45) is 17.8 Å². The van der Waals surface area contributed by atoms with Crippen molar-refractivity contribution in [2.45, 2.75) is 73.6 Å². The van der Waals surface area contributed by atoms with Crippen molar-refractivity contribution in [1.82, 2.24) is 0 Å². The van der Waals surface area contributed by atoms with Gasteiger partial charge >= 0.3 is 11.9 Å². The average molecular weight is 655 g/mol. The Balaban J connectivity index is 1.29. The van der Waals surface area contributed by atoms with Gasteiger partial charge in [0.15, 0.2) is 17.0 Å². The van der Waals surface area contributed by atoms with Crippen molar-refractivity contribution < 1.29 is 48.6 Å². The summed E-state index contributed by atoms with van der Waals surface area (Å²) < 4.78 is 33.4. The minimum atomic E-state index is -2.43. The number of carbonyl (C=O) groups is 2. The number of carbonyl (C=O) groups excluding carboxylic acids is 2. The molecule has 0 radical (unpaired) electrons. The Labute approximate surface area is 277 Å². The molecular weight excluding hydrogens is 616 g/mol. The standard InChI is InChI=1S/C38H38O10/c1-21(2)36-30(44-27(40)18-12-11-15-24-13-7-5-8-14-24)23(4)37-26-19-22(3)29(41)35(26,43)33(42)34(20-39)31(45-34)28(37)32(36)46-38(47-36,48-37)25-16-9-6-10-17-25/h5-19,23,26,28,30-33,39,42-43H,1,20H2,2-4H3/b15-11+,18-12+/t23-,26-,28?,30-,31+,32-,33-,34+,35-,36+,37+,38?/m1/s1. The van der Waals surface area contributed by atoms with Crippen LogP contribution in [0.25, 0.3) is 6.08 Å². The van der Waals surface area contributed by atoms with Crippen molar-refractivity contribution in [3.05, 3.63) is 114 Å². The van der Waals surface area contributed by atoms with E-state index in [2.05, 4.69) is 6.58 Å². The van der Waals surface area contributed by atoms with Crippen molar-refractivity contribution in [3.63, 3.8) is 0 Å². The van der Waals surface area contributed by atoms with Gasteiger partial charge in [-0.1, -0.05) is 98.5 Å². The highest BCUT2D eigenvalue weighted by atomic mass is 16.9. The molecule has 48 heavy (non-hydrogen) atoms. The number of aliphatic hydroxyl groups excluding tert-OH is 2. The number of esters is 1. The van der Waals surface area contributed by atoms with Gasteiger partial charge in [-0.15, -0.1) is 0 Å². The summed E-state index contributed by atoms with van der Waals surface area (Å²) >= 11 is 0. The molecule has 0 amide bonds. The smallest absolute Gasteiger partial charge is 0.331 e. The Morgan fingerprint density at radius 2 is 1.71 bits per heavy atom. The Kier molecular flexibility index (Phi) is 6.82. The van der Waals surface area contributed by atoms with Crippen molar-refractivity contribution in [2.75, 3.05) is 6.61 Å². The zero-order chi connectivity index (χ0) is 33.9. The summed E-state index contributed by atoms with van der Waals surface area (Å²) in [6.45, 7) is 8.79. The normalized spacial score (nSPS) is 45.0. The van der Waals surface area contributed by atoms with Crippen LogP contribution in [0.2, 0.25) is 0 Å². The van der Waals surface area contributed by atoms with Crippen LogP contribution in [0, 0.1) is 17.8 Å². The first kappa shape index (κ1) is 31.5. The van der Waals surface area contributed by atoms with Crippen LogP contribution in [0.5, 0.6) is 0 Å². The molecule has 0 aromatic heterocycles. The molecule has 10 nitrogen and oxygen atoms in total. The maximum absolute atomic E-state index is 13.9. The van der Waals surface area contributed by atoms with Crippen molar-refractivity contribution in [1.29, 1.82) is 0 Å². The number of hydrogen-bond acceptors (Lipinski definition) is 10. The average Bonchev–Trinajstić information content (AvgIpc) is 3.71. The molecular formula is C38H38O10. The van der Waals surface area contributed by atoms with E-state index in [1.54, 1.807) is 56.3 Å². The highest BCUT2D eigenvalue weighted by Gasteiger charge is 2.90. The second kappa shape index (κ2) is 10.4. The molecule has 3 aliphatic carbocycles. The number of aliphatic hydroxyl groups is 3. The van der Waals surface area contributed by atoms with E-state index in [4.69, 9.17) is 23.7 Å². The molecule has 10 heteroatoms. The largest absolute Gasteiger partial charge is 0.455 e. The van der Waals surface area contributed by atoms with Crippen LogP contribution in [0.4, 0.5) is 0 Å². The van der Waals surface area contributed by atoms with E-state index in [9.17, 15) is 24.9 Å². The fourth-order valence-corrected chi connectivity index (χ4v) is 9.34. The number of epoxide rings is 1. The van der Waals surface area contributed by atoms with Gasteiger partial charge in [-0.05, 0) is 30.6 Å². The fourth-order valence-electron chi connectivity index (χ4n) is 9.34. The second-order valence-corrected chi connectivity index (χ2v) is 13.9. The maximum atomic E-state index is 13.9. The lowest BCUT2D eigenvalue weighted by atomic mass is 9.53. The molecule has 2 unspecified atom stereocenters. The topological polar surface area (TPSA) is 144 Å². The van der Waals surface area contributed by atoms with Crippen LogP contribution < -0.4 is 0 Å². The quantitative estimate of drug-likeness (QED) is 0.134. The molecule has 6 aliphatic rings. The molecule has 5 fully saturated rings. The third-order valence-corrected chi connectivity index (χ3v) is 11.5. The van der Waals surface area contributed by atoms with Crippen LogP contribution >= 0.6 is 0 Å². The highest BCUT2D eigenvalue weighted by molar-refractivity contribution is 6.05. The van der Waals surface area contributed by atoms with E-state index in [1.807, 2.05) is 49.4 Å². The van der Waals surface area contributed by atoms with Gasteiger partial charge < -0.3 is 39.0 Å². The number of hydrogen-bond donors (Lipinski definition) is 3. The minimum Gasteiger partial charge on any atom is -0.455 e. The van der Waals surface area contributed by atoms with Gasteiger partial charge in [0.1, 0.15) is 30.0 Å². The van der Waals surface area contributed by atoms with Gasteiger partial charge in [-0.3, -0.25) is 4.79 Å². The lowest BCUT2D eigenvalue weighted by Gasteiger charge is -2.61. The monoisotopic (exact) mass is 654 g/mol. The molecule has 8 rings (SSSR count). The summed E-state index contributed by atoms with van der Waals surface area (Å²) in [5.74, 6) is -5.98. The van der Waals surface area contributed by atoms with Crippen LogP contribution in [0.15, 0.2) is 103 Å². The van der Waals surface area contributed by atoms with E-state index in [1.165, 1.54) is 6.08 Å². The van der Waals surface area contributed by atoms with E-state index >= 15 is 0 Å². The lowest BCUT2D eigenvalue weighted by molar-refractivity contribution is -0.440.